The van der Waals surface area contributed by atoms with Gasteiger partial charge in [0.2, 0.25) is 5.91 Å². The first-order chi connectivity index (χ1) is 15.2. The van der Waals surface area contributed by atoms with E-state index in [-0.39, 0.29) is 5.91 Å². The van der Waals surface area contributed by atoms with Gasteiger partial charge in [0.25, 0.3) is 0 Å². The normalized spacial score (nSPS) is 15.4. The van der Waals surface area contributed by atoms with Crippen LogP contribution in [0.4, 0.5) is 5.82 Å². The van der Waals surface area contributed by atoms with Crippen molar-refractivity contribution in [3.8, 4) is 0 Å². The van der Waals surface area contributed by atoms with E-state index in [1.165, 1.54) is 10.8 Å². The van der Waals surface area contributed by atoms with E-state index < -0.39 is 6.04 Å². The fourth-order valence-corrected chi connectivity index (χ4v) is 4.32. The molecule has 1 saturated heterocycles. The number of amides is 1. The summed E-state index contributed by atoms with van der Waals surface area (Å²) in [6.45, 7) is 2.75. The lowest BCUT2D eigenvalue weighted by molar-refractivity contribution is -0.132. The van der Waals surface area contributed by atoms with E-state index in [1.54, 1.807) is 6.33 Å². The number of para-hydroxylation sites is 1. The number of hydrogen-bond donors (Lipinski definition) is 1. The van der Waals surface area contributed by atoms with Crippen LogP contribution in [0.3, 0.4) is 0 Å². The van der Waals surface area contributed by atoms with Gasteiger partial charge in [0.15, 0.2) is 0 Å². The highest BCUT2D eigenvalue weighted by Gasteiger charge is 2.26. The maximum atomic E-state index is 13.0. The minimum absolute atomic E-state index is 0.0142. The first kappa shape index (κ1) is 19.5. The molecule has 1 fully saturated rings. The quantitative estimate of drug-likeness (QED) is 0.559. The van der Waals surface area contributed by atoms with Crippen molar-refractivity contribution in [1.82, 2.24) is 14.9 Å². The van der Waals surface area contributed by atoms with Gasteiger partial charge in [-0.15, -0.1) is 0 Å². The summed E-state index contributed by atoms with van der Waals surface area (Å²) in [6.07, 6.45) is 2.15. The number of nitrogens with zero attached hydrogens (tertiary/aromatic N) is 4. The van der Waals surface area contributed by atoms with Gasteiger partial charge in [0.1, 0.15) is 12.1 Å². The van der Waals surface area contributed by atoms with Crippen molar-refractivity contribution in [3.05, 3.63) is 78.6 Å². The number of piperazine rings is 1. The molecule has 1 amide bonds. The summed E-state index contributed by atoms with van der Waals surface area (Å²) < 4.78 is 0. The number of carbonyl (C=O) groups excluding carboxylic acids is 1. The van der Waals surface area contributed by atoms with E-state index in [9.17, 15) is 4.79 Å². The fourth-order valence-electron chi connectivity index (χ4n) is 4.32. The van der Waals surface area contributed by atoms with Crippen LogP contribution in [-0.4, -0.2) is 53.0 Å². The number of hydrogen-bond acceptors (Lipinski definition) is 5. The zero-order chi connectivity index (χ0) is 21.2. The number of fused-ring (bicyclic) bond motifs is 2. The van der Waals surface area contributed by atoms with Crippen LogP contribution < -0.4 is 10.6 Å². The minimum atomic E-state index is -0.535. The number of carbonyl (C=O) groups is 1. The molecule has 5 rings (SSSR count). The highest BCUT2D eigenvalue weighted by molar-refractivity contribution is 5.89. The first-order valence-electron chi connectivity index (χ1n) is 10.7. The SMILES string of the molecule is NC(Cc1ccc2ccccc2c1)C(=O)N1CCN(c2ncnc3ccccc23)CC1. The second-order valence-corrected chi connectivity index (χ2v) is 8.02. The van der Waals surface area contributed by atoms with Crippen LogP contribution in [0.25, 0.3) is 21.7 Å². The van der Waals surface area contributed by atoms with Gasteiger partial charge < -0.3 is 15.5 Å². The number of benzene rings is 3. The van der Waals surface area contributed by atoms with Crippen LogP contribution in [0, 0.1) is 0 Å². The highest BCUT2D eigenvalue weighted by Crippen LogP contribution is 2.24. The molecule has 2 N–H and O–H groups in total. The Morgan fingerprint density at radius 3 is 2.48 bits per heavy atom. The number of rotatable bonds is 4. The third-order valence-electron chi connectivity index (χ3n) is 6.00. The standard InChI is InChI=1S/C25H25N5O/c26-22(16-18-9-10-19-5-1-2-6-20(19)15-18)25(31)30-13-11-29(12-14-30)24-21-7-3-4-8-23(21)27-17-28-24/h1-10,15,17,22H,11-14,16,26H2. The molecule has 31 heavy (non-hydrogen) atoms. The van der Waals surface area contributed by atoms with E-state index >= 15 is 0 Å². The predicted octanol–water partition coefficient (Wildman–Crippen LogP) is 3.00. The Kier molecular flexibility index (Phi) is 5.22. The molecule has 6 nitrogen and oxygen atoms in total. The summed E-state index contributed by atoms with van der Waals surface area (Å²) in [7, 11) is 0. The molecule has 156 valence electrons. The van der Waals surface area contributed by atoms with E-state index in [1.807, 2.05) is 41.3 Å². The molecular weight excluding hydrogens is 386 g/mol. The maximum absolute atomic E-state index is 13.0. The zero-order valence-corrected chi connectivity index (χ0v) is 17.3. The molecular formula is C25H25N5O. The highest BCUT2D eigenvalue weighted by atomic mass is 16.2. The van der Waals surface area contributed by atoms with Crippen LogP contribution in [0.2, 0.25) is 0 Å². The number of aromatic nitrogens is 2. The predicted molar refractivity (Wildman–Crippen MR) is 124 cm³/mol. The van der Waals surface area contributed by atoms with Gasteiger partial charge in [-0.25, -0.2) is 9.97 Å². The number of anilines is 1. The van der Waals surface area contributed by atoms with Gasteiger partial charge in [-0.1, -0.05) is 54.6 Å². The summed E-state index contributed by atoms with van der Waals surface area (Å²) in [6, 6.07) is 22.0. The number of nitrogens with two attached hydrogens (primary N) is 1. The molecule has 0 radical (unpaired) electrons. The lowest BCUT2D eigenvalue weighted by Crippen LogP contribution is -2.53. The average molecular weight is 412 g/mol. The summed E-state index contributed by atoms with van der Waals surface area (Å²) >= 11 is 0. The topological polar surface area (TPSA) is 75.4 Å². The Morgan fingerprint density at radius 1 is 0.903 bits per heavy atom. The van der Waals surface area contributed by atoms with E-state index in [0.29, 0.717) is 19.5 Å². The van der Waals surface area contributed by atoms with Gasteiger partial charge in [0, 0.05) is 31.6 Å². The smallest absolute Gasteiger partial charge is 0.239 e. The van der Waals surface area contributed by atoms with Crippen molar-refractivity contribution in [1.29, 1.82) is 0 Å². The molecule has 1 aliphatic heterocycles. The van der Waals surface area contributed by atoms with Crippen LogP contribution in [0.15, 0.2) is 73.1 Å². The molecule has 0 aliphatic carbocycles. The van der Waals surface area contributed by atoms with Crippen LogP contribution >= 0.6 is 0 Å². The molecule has 1 unspecified atom stereocenters. The van der Waals surface area contributed by atoms with Crippen molar-refractivity contribution < 1.29 is 4.79 Å². The first-order valence-corrected chi connectivity index (χ1v) is 10.7. The molecule has 4 aromatic rings. The third-order valence-corrected chi connectivity index (χ3v) is 6.00. The second-order valence-electron chi connectivity index (χ2n) is 8.02. The molecule has 0 spiro atoms. The van der Waals surface area contributed by atoms with E-state index in [2.05, 4.69) is 45.2 Å². The zero-order valence-electron chi connectivity index (χ0n) is 17.3. The van der Waals surface area contributed by atoms with Crippen LogP contribution in [0.5, 0.6) is 0 Å². The van der Waals surface area contributed by atoms with Crippen LogP contribution in [0.1, 0.15) is 5.56 Å². The average Bonchev–Trinajstić information content (AvgIpc) is 2.83. The molecule has 1 aliphatic rings. The Balaban J connectivity index is 1.24. The Bertz CT molecular complexity index is 1230. The van der Waals surface area contributed by atoms with Crippen molar-refractivity contribution >= 4 is 33.4 Å². The lowest BCUT2D eigenvalue weighted by atomic mass is 10.0. The Labute approximate surface area is 181 Å². The lowest BCUT2D eigenvalue weighted by Gasteiger charge is -2.36. The Morgan fingerprint density at radius 2 is 1.65 bits per heavy atom. The van der Waals surface area contributed by atoms with E-state index in [4.69, 9.17) is 5.73 Å². The van der Waals surface area contributed by atoms with Crippen molar-refractivity contribution in [3.63, 3.8) is 0 Å². The fraction of sp³-hybridized carbons (Fsp3) is 0.240. The van der Waals surface area contributed by atoms with Crippen molar-refractivity contribution in [2.75, 3.05) is 31.1 Å². The van der Waals surface area contributed by atoms with Crippen molar-refractivity contribution in [2.45, 2.75) is 12.5 Å². The van der Waals surface area contributed by atoms with Gasteiger partial charge in [0.05, 0.1) is 11.6 Å². The van der Waals surface area contributed by atoms with Gasteiger partial charge in [-0.2, -0.15) is 0 Å². The molecule has 1 aromatic heterocycles. The minimum Gasteiger partial charge on any atom is -0.352 e. The molecule has 0 bridgehead atoms. The Hall–Kier alpha value is -3.51. The molecule has 6 heteroatoms. The van der Waals surface area contributed by atoms with Crippen molar-refractivity contribution in [2.24, 2.45) is 5.73 Å². The largest absolute Gasteiger partial charge is 0.352 e. The summed E-state index contributed by atoms with van der Waals surface area (Å²) in [5.41, 5.74) is 8.34. The van der Waals surface area contributed by atoms with Gasteiger partial charge >= 0.3 is 0 Å². The maximum Gasteiger partial charge on any atom is 0.239 e. The molecule has 2 heterocycles. The van der Waals surface area contributed by atoms with Gasteiger partial charge in [-0.05, 0) is 34.9 Å². The third kappa shape index (κ3) is 3.94. The molecule has 1 atom stereocenters. The summed E-state index contributed by atoms with van der Waals surface area (Å²) in [4.78, 5) is 25.9. The van der Waals surface area contributed by atoms with Gasteiger partial charge in [-0.3, -0.25) is 4.79 Å². The summed E-state index contributed by atoms with van der Waals surface area (Å²) in [5.74, 6) is 0.943. The monoisotopic (exact) mass is 411 g/mol. The second kappa shape index (κ2) is 8.32. The summed E-state index contributed by atoms with van der Waals surface area (Å²) in [5, 5.41) is 3.41. The molecule has 3 aromatic carbocycles. The van der Waals surface area contributed by atoms with E-state index in [0.717, 1.165) is 35.4 Å². The molecule has 0 saturated carbocycles. The van der Waals surface area contributed by atoms with Crippen LogP contribution in [-0.2, 0) is 11.2 Å².